The first-order valence-electron chi connectivity index (χ1n) is 8.27. The highest BCUT2D eigenvalue weighted by Crippen LogP contribution is 2.35. The summed E-state index contributed by atoms with van der Waals surface area (Å²) in [5.74, 6) is -0.251. The van der Waals surface area contributed by atoms with Crippen molar-refractivity contribution in [3.8, 4) is 0 Å². The first-order chi connectivity index (χ1) is 12.2. The summed E-state index contributed by atoms with van der Waals surface area (Å²) in [6.07, 6.45) is -1.03. The molecule has 1 aliphatic carbocycles. The molecule has 0 bridgehead atoms. The Labute approximate surface area is 148 Å². The Hall–Kier alpha value is -2.36. The van der Waals surface area contributed by atoms with Gasteiger partial charge in [-0.25, -0.2) is 0 Å². The van der Waals surface area contributed by atoms with Crippen LogP contribution in [0.5, 0.6) is 0 Å². The third kappa shape index (κ3) is 4.84. The molecule has 7 nitrogen and oxygen atoms in total. The summed E-state index contributed by atoms with van der Waals surface area (Å²) in [6.45, 7) is 0.398. The normalized spacial score (nSPS) is 16.3. The molecule has 10 heteroatoms. The van der Waals surface area contributed by atoms with Crippen LogP contribution in [0.1, 0.15) is 37.7 Å². The van der Waals surface area contributed by atoms with Crippen LogP contribution in [0, 0.1) is 10.1 Å². The average molecular weight is 374 g/mol. The number of carbonyl (C=O) groups is 1. The smallest absolute Gasteiger partial charge is 0.379 e. The molecule has 0 spiro atoms. The molecule has 1 saturated carbocycles. The summed E-state index contributed by atoms with van der Waals surface area (Å²) in [4.78, 5) is 22.2. The minimum atomic E-state index is -4.67. The van der Waals surface area contributed by atoms with E-state index < -0.39 is 27.9 Å². The lowest BCUT2D eigenvalue weighted by Crippen LogP contribution is -2.51. The molecule has 144 valence electrons. The summed E-state index contributed by atoms with van der Waals surface area (Å²) in [5, 5.41) is 16.6. The standard InChI is InChI=1S/C16H21F3N4O3/c17-16(18,19)11-3-4-12(13(9-11)23(25)26)21-8-5-14(24)22-15(10-20)6-1-2-7-15/h3-4,9,21H,1-2,5-8,10,20H2,(H,22,24). The average Bonchev–Trinajstić information content (AvgIpc) is 3.02. The van der Waals surface area contributed by atoms with Gasteiger partial charge in [-0.2, -0.15) is 13.2 Å². The van der Waals surface area contributed by atoms with Crippen molar-refractivity contribution in [1.82, 2.24) is 5.32 Å². The number of halogens is 3. The fourth-order valence-electron chi connectivity index (χ4n) is 3.11. The van der Waals surface area contributed by atoms with Crippen LogP contribution in [0.4, 0.5) is 24.5 Å². The summed E-state index contributed by atoms with van der Waals surface area (Å²) in [6, 6.07) is 2.24. The number of nitrogens with one attached hydrogen (secondary N) is 2. The van der Waals surface area contributed by atoms with Gasteiger partial charge in [0.1, 0.15) is 5.69 Å². The number of nitro groups is 1. The molecule has 1 amide bonds. The van der Waals surface area contributed by atoms with E-state index >= 15 is 0 Å². The van der Waals surface area contributed by atoms with Gasteiger partial charge in [-0.05, 0) is 25.0 Å². The van der Waals surface area contributed by atoms with Crippen molar-refractivity contribution in [3.05, 3.63) is 33.9 Å². The number of amides is 1. The maximum Gasteiger partial charge on any atom is 0.416 e. The van der Waals surface area contributed by atoms with Gasteiger partial charge >= 0.3 is 6.18 Å². The van der Waals surface area contributed by atoms with Crippen LogP contribution in [0.15, 0.2) is 18.2 Å². The Kier molecular flexibility index (Phi) is 6.06. The van der Waals surface area contributed by atoms with E-state index in [1.807, 2.05) is 0 Å². The second-order valence-corrected chi connectivity index (χ2v) is 6.40. The number of hydrogen-bond donors (Lipinski definition) is 3. The fourth-order valence-corrected chi connectivity index (χ4v) is 3.11. The minimum absolute atomic E-state index is 0.0277. The molecule has 1 aliphatic rings. The van der Waals surface area contributed by atoms with E-state index in [-0.39, 0.29) is 24.6 Å². The number of nitrogens with zero attached hydrogens (tertiary/aromatic N) is 1. The molecule has 1 aromatic carbocycles. The van der Waals surface area contributed by atoms with Crippen LogP contribution in [0.25, 0.3) is 0 Å². The molecular weight excluding hydrogens is 353 g/mol. The quantitative estimate of drug-likeness (QED) is 0.502. The molecule has 0 aliphatic heterocycles. The number of benzene rings is 1. The molecule has 1 aromatic rings. The topological polar surface area (TPSA) is 110 Å². The first kappa shape index (κ1) is 20.0. The van der Waals surface area contributed by atoms with Gasteiger partial charge in [-0.3, -0.25) is 14.9 Å². The molecule has 0 saturated heterocycles. The van der Waals surface area contributed by atoms with Crippen LogP contribution in [0.2, 0.25) is 0 Å². The Morgan fingerprint density at radius 2 is 1.96 bits per heavy atom. The van der Waals surface area contributed by atoms with Crippen molar-refractivity contribution in [2.45, 2.75) is 43.8 Å². The molecule has 0 heterocycles. The Bertz CT molecular complexity index is 673. The molecule has 0 radical (unpaired) electrons. The van der Waals surface area contributed by atoms with Crippen LogP contribution in [-0.4, -0.2) is 29.5 Å². The zero-order chi connectivity index (χ0) is 19.4. The predicted molar refractivity (Wildman–Crippen MR) is 89.6 cm³/mol. The molecule has 26 heavy (non-hydrogen) atoms. The number of rotatable bonds is 7. The van der Waals surface area contributed by atoms with Gasteiger partial charge in [-0.1, -0.05) is 12.8 Å². The second-order valence-electron chi connectivity index (χ2n) is 6.40. The van der Waals surface area contributed by atoms with Gasteiger partial charge in [0.15, 0.2) is 0 Å². The van der Waals surface area contributed by atoms with Crippen molar-refractivity contribution in [2.75, 3.05) is 18.4 Å². The highest BCUT2D eigenvalue weighted by atomic mass is 19.4. The molecule has 4 N–H and O–H groups in total. The number of anilines is 1. The molecule has 0 unspecified atom stereocenters. The largest absolute Gasteiger partial charge is 0.416 e. The van der Waals surface area contributed by atoms with Gasteiger partial charge < -0.3 is 16.4 Å². The van der Waals surface area contributed by atoms with Gasteiger partial charge in [-0.15, -0.1) is 0 Å². The van der Waals surface area contributed by atoms with Crippen molar-refractivity contribution < 1.29 is 22.9 Å². The van der Waals surface area contributed by atoms with Crippen molar-refractivity contribution in [3.63, 3.8) is 0 Å². The molecule has 0 aromatic heterocycles. The zero-order valence-electron chi connectivity index (χ0n) is 14.1. The summed E-state index contributed by atoms with van der Waals surface area (Å²) in [7, 11) is 0. The highest BCUT2D eigenvalue weighted by molar-refractivity contribution is 5.77. The van der Waals surface area contributed by atoms with Crippen LogP contribution in [-0.2, 0) is 11.0 Å². The minimum Gasteiger partial charge on any atom is -0.379 e. The van der Waals surface area contributed by atoms with Gasteiger partial charge in [0.25, 0.3) is 5.69 Å². The zero-order valence-corrected chi connectivity index (χ0v) is 14.1. The van der Waals surface area contributed by atoms with E-state index in [0.717, 1.165) is 37.8 Å². The van der Waals surface area contributed by atoms with Gasteiger partial charge in [0.2, 0.25) is 5.91 Å². The van der Waals surface area contributed by atoms with E-state index in [4.69, 9.17) is 5.73 Å². The fraction of sp³-hybridized carbons (Fsp3) is 0.562. The van der Waals surface area contributed by atoms with E-state index in [2.05, 4.69) is 10.6 Å². The van der Waals surface area contributed by atoms with E-state index in [1.165, 1.54) is 0 Å². The predicted octanol–water partition coefficient (Wildman–Crippen LogP) is 2.80. The van der Waals surface area contributed by atoms with Crippen molar-refractivity contribution >= 4 is 17.3 Å². The summed E-state index contributed by atoms with van der Waals surface area (Å²) >= 11 is 0. The molecular formula is C16H21F3N4O3. The molecule has 2 rings (SSSR count). The number of carbonyl (C=O) groups excluding carboxylic acids is 1. The molecule has 1 fully saturated rings. The number of hydrogen-bond acceptors (Lipinski definition) is 5. The third-order valence-corrected chi connectivity index (χ3v) is 4.55. The maximum absolute atomic E-state index is 12.7. The van der Waals surface area contributed by atoms with E-state index in [9.17, 15) is 28.1 Å². The van der Waals surface area contributed by atoms with Crippen LogP contribution in [0.3, 0.4) is 0 Å². The summed E-state index contributed by atoms with van der Waals surface area (Å²) < 4.78 is 38.0. The van der Waals surface area contributed by atoms with E-state index in [1.54, 1.807) is 0 Å². The van der Waals surface area contributed by atoms with E-state index in [0.29, 0.717) is 12.6 Å². The van der Waals surface area contributed by atoms with Crippen molar-refractivity contribution in [1.29, 1.82) is 0 Å². The lowest BCUT2D eigenvalue weighted by Gasteiger charge is -2.28. The van der Waals surface area contributed by atoms with Crippen molar-refractivity contribution in [2.24, 2.45) is 5.73 Å². The van der Waals surface area contributed by atoms with Crippen LogP contribution >= 0.6 is 0 Å². The summed E-state index contributed by atoms with van der Waals surface area (Å²) in [5.41, 5.74) is 3.50. The monoisotopic (exact) mass is 374 g/mol. The van der Waals surface area contributed by atoms with Gasteiger partial charge in [0, 0.05) is 25.6 Å². The number of alkyl halides is 3. The Morgan fingerprint density at radius 3 is 2.50 bits per heavy atom. The number of nitrogens with two attached hydrogens (primary N) is 1. The Morgan fingerprint density at radius 1 is 1.31 bits per heavy atom. The lowest BCUT2D eigenvalue weighted by molar-refractivity contribution is -0.384. The lowest BCUT2D eigenvalue weighted by atomic mass is 9.97. The molecule has 0 atom stereocenters. The van der Waals surface area contributed by atoms with Crippen LogP contribution < -0.4 is 16.4 Å². The van der Waals surface area contributed by atoms with Gasteiger partial charge in [0.05, 0.1) is 16.0 Å². The number of nitro benzene ring substituents is 1. The first-order valence-corrected chi connectivity index (χ1v) is 8.27. The SMILES string of the molecule is NCC1(NC(=O)CCNc2ccc(C(F)(F)F)cc2[N+](=O)[O-])CCCC1. The third-order valence-electron chi connectivity index (χ3n) is 4.55. The second kappa shape index (κ2) is 7.90. The Balaban J connectivity index is 1.96. The maximum atomic E-state index is 12.7. The highest BCUT2D eigenvalue weighted by Gasteiger charge is 2.34.